The molecule has 0 radical (unpaired) electrons. The summed E-state index contributed by atoms with van der Waals surface area (Å²) in [5.41, 5.74) is 0.136. The van der Waals surface area contributed by atoms with Crippen molar-refractivity contribution < 1.29 is 19.4 Å². The van der Waals surface area contributed by atoms with Gasteiger partial charge in [-0.25, -0.2) is 4.79 Å². The number of aliphatic hydroxyl groups is 1. The minimum Gasteiger partial charge on any atom is -0.475 e. The van der Waals surface area contributed by atoms with E-state index in [0.717, 1.165) is 0 Å². The zero-order chi connectivity index (χ0) is 11.5. The van der Waals surface area contributed by atoms with Gasteiger partial charge in [0.15, 0.2) is 0 Å². The molecule has 0 fully saturated rings. The van der Waals surface area contributed by atoms with Crippen LogP contribution in [0.25, 0.3) is 0 Å². The summed E-state index contributed by atoms with van der Waals surface area (Å²) in [5, 5.41) is 20.8. The lowest BCUT2D eigenvalue weighted by molar-refractivity contribution is 0.0660. The Hall–Kier alpha value is -1.33. The van der Waals surface area contributed by atoms with E-state index in [9.17, 15) is 4.79 Å². The molecule has 0 aliphatic heterocycles. The van der Waals surface area contributed by atoms with E-state index >= 15 is 0 Å². The van der Waals surface area contributed by atoms with Crippen LogP contribution in [0.5, 0.6) is 0 Å². The molecule has 0 spiro atoms. The van der Waals surface area contributed by atoms with Crippen LogP contribution in [0.2, 0.25) is 0 Å². The van der Waals surface area contributed by atoms with E-state index in [4.69, 9.17) is 14.6 Å². The van der Waals surface area contributed by atoms with Gasteiger partial charge in [0.1, 0.15) is 0 Å². The van der Waals surface area contributed by atoms with Gasteiger partial charge in [0.2, 0.25) is 5.76 Å². The Morgan fingerprint density at radius 3 is 2.80 bits per heavy atom. The van der Waals surface area contributed by atoms with Crippen LogP contribution in [0.4, 0.5) is 0 Å². The Kier molecular flexibility index (Phi) is 3.49. The first-order valence-electron chi connectivity index (χ1n) is 4.62. The van der Waals surface area contributed by atoms with Crippen LogP contribution in [0.1, 0.15) is 30.0 Å². The van der Waals surface area contributed by atoms with Gasteiger partial charge in [-0.05, 0) is 19.9 Å². The monoisotopic (exact) mass is 213 g/mol. The summed E-state index contributed by atoms with van der Waals surface area (Å²) in [5.74, 6) is -1.14. The van der Waals surface area contributed by atoms with Crippen molar-refractivity contribution in [3.8, 4) is 0 Å². The number of hydrogen-bond acceptors (Lipinski definition) is 4. The van der Waals surface area contributed by atoms with E-state index in [-0.39, 0.29) is 12.4 Å². The number of carboxylic acids is 1. The molecule has 0 amide bonds. The number of nitrogens with one attached hydrogen (secondary N) is 1. The second-order valence-electron chi connectivity index (χ2n) is 3.98. The second kappa shape index (κ2) is 4.46. The molecule has 1 rings (SSSR count). The molecule has 1 heterocycles. The number of aromatic carboxylic acids is 1. The van der Waals surface area contributed by atoms with Crippen molar-refractivity contribution in [2.24, 2.45) is 0 Å². The van der Waals surface area contributed by atoms with Crippen molar-refractivity contribution in [3.05, 3.63) is 23.7 Å². The maximum atomic E-state index is 10.7. The first-order valence-corrected chi connectivity index (χ1v) is 4.62. The van der Waals surface area contributed by atoms with Crippen LogP contribution in [0.3, 0.4) is 0 Å². The predicted molar refractivity (Wildman–Crippen MR) is 53.7 cm³/mol. The average Bonchev–Trinajstić information content (AvgIpc) is 2.63. The van der Waals surface area contributed by atoms with Crippen LogP contribution >= 0.6 is 0 Å². The number of aliphatic hydroxyl groups excluding tert-OH is 1. The van der Waals surface area contributed by atoms with Crippen LogP contribution < -0.4 is 5.32 Å². The molecular formula is C10H15NO4. The fourth-order valence-electron chi connectivity index (χ4n) is 1.05. The number of furan rings is 1. The van der Waals surface area contributed by atoms with Gasteiger partial charge < -0.3 is 19.9 Å². The minimum atomic E-state index is -1.08. The molecule has 0 saturated carbocycles. The number of rotatable bonds is 5. The first kappa shape index (κ1) is 11.7. The average molecular weight is 213 g/mol. The van der Waals surface area contributed by atoms with Crippen molar-refractivity contribution in [1.82, 2.24) is 5.32 Å². The fourth-order valence-corrected chi connectivity index (χ4v) is 1.05. The van der Waals surface area contributed by atoms with Crippen molar-refractivity contribution >= 4 is 5.97 Å². The molecule has 5 nitrogen and oxygen atoms in total. The predicted octanol–water partition coefficient (Wildman–Crippen LogP) is 0.838. The third kappa shape index (κ3) is 3.07. The third-order valence-corrected chi connectivity index (χ3v) is 2.09. The lowest BCUT2D eigenvalue weighted by atomic mass is 10.1. The standard InChI is InChI=1S/C10H15NO4/c1-10(2,6-12)11-5-7-3-4-15-8(7)9(13)14/h3-4,11-12H,5-6H2,1-2H3,(H,13,14). The molecule has 3 N–H and O–H groups in total. The lowest BCUT2D eigenvalue weighted by Crippen LogP contribution is -2.42. The maximum Gasteiger partial charge on any atom is 0.372 e. The zero-order valence-electron chi connectivity index (χ0n) is 8.78. The third-order valence-electron chi connectivity index (χ3n) is 2.09. The highest BCUT2D eigenvalue weighted by Gasteiger charge is 2.18. The number of carboxylic acid groups (broad SMARTS) is 1. The van der Waals surface area contributed by atoms with Crippen molar-refractivity contribution in [1.29, 1.82) is 0 Å². The number of carbonyl (C=O) groups is 1. The lowest BCUT2D eigenvalue weighted by Gasteiger charge is -2.23. The quantitative estimate of drug-likeness (QED) is 0.675. The smallest absolute Gasteiger partial charge is 0.372 e. The Balaban J connectivity index is 2.65. The molecule has 0 aliphatic rings. The molecule has 15 heavy (non-hydrogen) atoms. The van der Waals surface area contributed by atoms with E-state index in [0.29, 0.717) is 12.1 Å². The molecule has 1 aromatic heterocycles. The number of hydrogen-bond donors (Lipinski definition) is 3. The summed E-state index contributed by atoms with van der Waals surface area (Å²) < 4.78 is 4.82. The topological polar surface area (TPSA) is 82.7 Å². The molecule has 1 aromatic rings. The van der Waals surface area contributed by atoms with Gasteiger partial charge in [-0.15, -0.1) is 0 Å². The summed E-state index contributed by atoms with van der Waals surface area (Å²) in [6.07, 6.45) is 1.34. The van der Waals surface area contributed by atoms with E-state index in [1.807, 2.05) is 13.8 Å². The maximum absolute atomic E-state index is 10.7. The van der Waals surface area contributed by atoms with Gasteiger partial charge in [-0.3, -0.25) is 0 Å². The molecule has 0 unspecified atom stereocenters. The van der Waals surface area contributed by atoms with Crippen LogP contribution in [0, 0.1) is 0 Å². The highest BCUT2D eigenvalue weighted by molar-refractivity contribution is 5.86. The zero-order valence-corrected chi connectivity index (χ0v) is 8.78. The molecule has 0 saturated heterocycles. The highest BCUT2D eigenvalue weighted by atomic mass is 16.4. The first-order chi connectivity index (χ1) is 6.96. The molecule has 0 aliphatic carbocycles. The minimum absolute atomic E-state index is 0.0206. The summed E-state index contributed by atoms with van der Waals surface area (Å²) in [6.45, 7) is 3.99. The van der Waals surface area contributed by atoms with Gasteiger partial charge >= 0.3 is 5.97 Å². The van der Waals surface area contributed by atoms with Gasteiger partial charge in [0.25, 0.3) is 0 Å². The van der Waals surface area contributed by atoms with Crippen LogP contribution in [-0.2, 0) is 6.54 Å². The normalized spacial score (nSPS) is 11.7. The van der Waals surface area contributed by atoms with E-state index in [1.54, 1.807) is 6.07 Å². The summed E-state index contributed by atoms with van der Waals surface area (Å²) in [4.78, 5) is 10.7. The summed E-state index contributed by atoms with van der Waals surface area (Å²) >= 11 is 0. The summed E-state index contributed by atoms with van der Waals surface area (Å²) in [7, 11) is 0. The van der Waals surface area contributed by atoms with Gasteiger partial charge in [-0.1, -0.05) is 0 Å². The van der Waals surface area contributed by atoms with Gasteiger partial charge in [-0.2, -0.15) is 0 Å². The SMILES string of the molecule is CC(C)(CO)NCc1ccoc1C(=O)O. The largest absolute Gasteiger partial charge is 0.475 e. The van der Waals surface area contributed by atoms with E-state index in [1.165, 1.54) is 6.26 Å². The molecule has 0 bridgehead atoms. The Morgan fingerprint density at radius 1 is 1.60 bits per heavy atom. The van der Waals surface area contributed by atoms with Crippen LogP contribution in [0.15, 0.2) is 16.7 Å². The summed E-state index contributed by atoms with van der Waals surface area (Å²) in [6, 6.07) is 1.60. The fraction of sp³-hybridized carbons (Fsp3) is 0.500. The Morgan fingerprint density at radius 2 is 2.27 bits per heavy atom. The second-order valence-corrected chi connectivity index (χ2v) is 3.98. The Labute approximate surface area is 87.7 Å². The van der Waals surface area contributed by atoms with Crippen molar-refractivity contribution in [2.45, 2.75) is 25.9 Å². The van der Waals surface area contributed by atoms with Crippen molar-refractivity contribution in [2.75, 3.05) is 6.61 Å². The molecule has 0 aromatic carbocycles. The van der Waals surface area contributed by atoms with Gasteiger partial charge in [0, 0.05) is 17.6 Å². The van der Waals surface area contributed by atoms with Crippen molar-refractivity contribution in [3.63, 3.8) is 0 Å². The highest BCUT2D eigenvalue weighted by Crippen LogP contribution is 2.12. The van der Waals surface area contributed by atoms with Gasteiger partial charge in [0.05, 0.1) is 12.9 Å². The van der Waals surface area contributed by atoms with E-state index in [2.05, 4.69) is 5.32 Å². The Bertz CT molecular complexity index is 343. The van der Waals surface area contributed by atoms with Crippen LogP contribution in [-0.4, -0.2) is 28.3 Å². The molecule has 5 heteroatoms. The van der Waals surface area contributed by atoms with E-state index < -0.39 is 11.5 Å². The molecule has 84 valence electrons. The molecule has 0 atom stereocenters. The molecular weight excluding hydrogens is 198 g/mol.